The molecule has 0 spiro atoms. The molecule has 1 fully saturated rings. The van der Waals surface area contributed by atoms with E-state index in [0.29, 0.717) is 19.7 Å². The number of anilines is 1. The molecule has 1 aliphatic rings. The van der Waals surface area contributed by atoms with E-state index >= 15 is 0 Å². The third-order valence-electron chi connectivity index (χ3n) is 5.12. The molecule has 1 saturated heterocycles. The van der Waals surface area contributed by atoms with E-state index in [4.69, 9.17) is 14.5 Å². The maximum absolute atomic E-state index is 5.77. The van der Waals surface area contributed by atoms with Crippen LogP contribution >= 0.6 is 0 Å². The minimum absolute atomic E-state index is 0.541. The van der Waals surface area contributed by atoms with Crippen molar-refractivity contribution >= 4 is 11.8 Å². The van der Waals surface area contributed by atoms with Gasteiger partial charge in [0.25, 0.3) is 0 Å². The largest absolute Gasteiger partial charge is 0.497 e. The molecule has 2 aromatic rings. The number of guanidine groups is 1. The van der Waals surface area contributed by atoms with Gasteiger partial charge < -0.3 is 29.9 Å². The number of aliphatic imine (C=N–C) groups is 1. The highest BCUT2D eigenvalue weighted by atomic mass is 16.5. The molecule has 8 heteroatoms. The Hall–Kier alpha value is -3.00. The summed E-state index contributed by atoms with van der Waals surface area (Å²) in [6, 6.07) is 11.8. The van der Waals surface area contributed by atoms with Gasteiger partial charge in [0, 0.05) is 38.9 Å². The summed E-state index contributed by atoms with van der Waals surface area (Å²) in [4.78, 5) is 14.0. The Bertz CT molecular complexity index is 819. The lowest BCUT2D eigenvalue weighted by atomic mass is 10.2. The third-order valence-corrected chi connectivity index (χ3v) is 5.12. The Labute approximate surface area is 185 Å². The van der Waals surface area contributed by atoms with Gasteiger partial charge in [-0.3, -0.25) is 0 Å². The van der Waals surface area contributed by atoms with Crippen LogP contribution in [0.3, 0.4) is 0 Å². The van der Waals surface area contributed by atoms with Crippen LogP contribution in [0.5, 0.6) is 11.5 Å². The van der Waals surface area contributed by atoms with Crippen molar-refractivity contribution in [1.82, 2.24) is 20.5 Å². The van der Waals surface area contributed by atoms with Gasteiger partial charge in [0.05, 0.1) is 20.2 Å². The Morgan fingerprint density at radius 1 is 1.06 bits per heavy atom. The molecule has 3 rings (SSSR count). The monoisotopic (exact) mass is 426 g/mol. The van der Waals surface area contributed by atoms with Crippen molar-refractivity contribution < 1.29 is 9.47 Å². The summed E-state index contributed by atoms with van der Waals surface area (Å²) in [5, 5.41) is 6.61. The Kier molecular flexibility index (Phi) is 8.78. The van der Waals surface area contributed by atoms with Crippen molar-refractivity contribution in [3.63, 3.8) is 0 Å². The molecule has 0 atom stereocenters. The van der Waals surface area contributed by atoms with E-state index in [0.717, 1.165) is 61.6 Å². The van der Waals surface area contributed by atoms with E-state index < -0.39 is 0 Å². The molecular formula is C23H34N6O2. The summed E-state index contributed by atoms with van der Waals surface area (Å²) in [5.41, 5.74) is 1.15. The molecule has 1 aliphatic heterocycles. The molecule has 0 saturated carbocycles. The number of nitrogens with zero attached hydrogens (tertiary/aromatic N) is 4. The van der Waals surface area contributed by atoms with Gasteiger partial charge in [0.15, 0.2) is 5.96 Å². The first kappa shape index (κ1) is 22.7. The summed E-state index contributed by atoms with van der Waals surface area (Å²) in [7, 11) is 3.81. The predicted octanol–water partition coefficient (Wildman–Crippen LogP) is 1.98. The fourth-order valence-corrected chi connectivity index (χ4v) is 3.29. The van der Waals surface area contributed by atoms with E-state index in [2.05, 4.69) is 45.5 Å². The number of piperazine rings is 1. The first-order valence-corrected chi connectivity index (χ1v) is 10.9. The third kappa shape index (κ3) is 7.32. The number of rotatable bonds is 9. The standard InChI is InChI=1S/C23H34N6O2/c1-4-24-23(26-11-16-31-21-7-5-20(30-3)6-8-21)27-18-19-9-10-25-22(17-19)29-14-12-28(2)13-15-29/h5-10,17H,4,11-16,18H2,1-3H3,(H2,24,26,27). The highest BCUT2D eigenvalue weighted by molar-refractivity contribution is 5.79. The van der Waals surface area contributed by atoms with E-state index in [1.807, 2.05) is 36.5 Å². The average molecular weight is 427 g/mol. The molecule has 2 heterocycles. The second-order valence-electron chi connectivity index (χ2n) is 7.46. The quantitative estimate of drug-likeness (QED) is 0.361. The van der Waals surface area contributed by atoms with Gasteiger partial charge in [-0.25, -0.2) is 9.98 Å². The molecular weight excluding hydrogens is 392 g/mol. The fraction of sp³-hybridized carbons (Fsp3) is 0.478. The van der Waals surface area contributed by atoms with Crippen molar-refractivity contribution in [3.8, 4) is 11.5 Å². The van der Waals surface area contributed by atoms with Crippen molar-refractivity contribution in [2.24, 2.45) is 4.99 Å². The van der Waals surface area contributed by atoms with Crippen molar-refractivity contribution in [3.05, 3.63) is 48.2 Å². The van der Waals surface area contributed by atoms with E-state index in [1.165, 1.54) is 0 Å². The maximum atomic E-state index is 5.77. The summed E-state index contributed by atoms with van der Waals surface area (Å²) >= 11 is 0. The zero-order valence-corrected chi connectivity index (χ0v) is 18.8. The SMILES string of the molecule is CCNC(=NCc1ccnc(N2CCN(C)CC2)c1)NCCOc1ccc(OC)cc1. The van der Waals surface area contributed by atoms with Crippen LogP contribution in [-0.2, 0) is 6.54 Å². The molecule has 0 aliphatic carbocycles. The molecule has 0 radical (unpaired) electrons. The van der Waals surface area contributed by atoms with E-state index in [1.54, 1.807) is 7.11 Å². The van der Waals surface area contributed by atoms with Crippen LogP contribution in [0.15, 0.2) is 47.6 Å². The van der Waals surface area contributed by atoms with Crippen LogP contribution in [0.2, 0.25) is 0 Å². The number of hydrogen-bond acceptors (Lipinski definition) is 6. The van der Waals surface area contributed by atoms with Crippen LogP contribution < -0.4 is 25.0 Å². The summed E-state index contributed by atoms with van der Waals surface area (Å²) in [5.74, 6) is 3.45. The van der Waals surface area contributed by atoms with Gasteiger partial charge in [0.1, 0.15) is 23.9 Å². The van der Waals surface area contributed by atoms with Crippen molar-refractivity contribution in [2.45, 2.75) is 13.5 Å². The summed E-state index contributed by atoms with van der Waals surface area (Å²) in [6.07, 6.45) is 1.88. The van der Waals surface area contributed by atoms with Crippen LogP contribution in [0.25, 0.3) is 0 Å². The topological polar surface area (TPSA) is 74.3 Å². The minimum atomic E-state index is 0.541. The maximum Gasteiger partial charge on any atom is 0.191 e. The van der Waals surface area contributed by atoms with E-state index in [9.17, 15) is 0 Å². The predicted molar refractivity (Wildman–Crippen MR) is 125 cm³/mol. The smallest absolute Gasteiger partial charge is 0.191 e. The highest BCUT2D eigenvalue weighted by Gasteiger charge is 2.15. The number of aromatic nitrogens is 1. The molecule has 0 bridgehead atoms. The number of nitrogens with one attached hydrogen (secondary N) is 2. The number of pyridine rings is 1. The molecule has 31 heavy (non-hydrogen) atoms. The number of hydrogen-bond donors (Lipinski definition) is 2. The molecule has 2 N–H and O–H groups in total. The second-order valence-corrected chi connectivity index (χ2v) is 7.46. The van der Waals surface area contributed by atoms with Crippen molar-refractivity contribution in [1.29, 1.82) is 0 Å². The molecule has 8 nitrogen and oxygen atoms in total. The van der Waals surface area contributed by atoms with Crippen LogP contribution in [-0.4, -0.2) is 75.9 Å². The normalized spacial score (nSPS) is 14.9. The zero-order chi connectivity index (χ0) is 21.9. The van der Waals surface area contributed by atoms with Gasteiger partial charge >= 0.3 is 0 Å². The summed E-state index contributed by atoms with van der Waals surface area (Å²) < 4.78 is 10.9. The van der Waals surface area contributed by atoms with Gasteiger partial charge in [0.2, 0.25) is 0 Å². The first-order chi connectivity index (χ1) is 15.2. The van der Waals surface area contributed by atoms with Crippen molar-refractivity contribution in [2.75, 3.05) is 64.9 Å². The van der Waals surface area contributed by atoms with Gasteiger partial charge in [-0.05, 0) is 55.9 Å². The molecule has 0 amide bonds. The fourth-order valence-electron chi connectivity index (χ4n) is 3.29. The van der Waals surface area contributed by atoms with E-state index in [-0.39, 0.29) is 0 Å². The lowest BCUT2D eigenvalue weighted by Crippen LogP contribution is -2.44. The number of ether oxygens (including phenoxy) is 2. The van der Waals surface area contributed by atoms with Crippen LogP contribution in [0, 0.1) is 0 Å². The Balaban J connectivity index is 1.49. The number of likely N-dealkylation sites (N-methyl/N-ethyl adjacent to an activating group) is 1. The minimum Gasteiger partial charge on any atom is -0.497 e. The molecule has 1 aromatic heterocycles. The molecule has 1 aromatic carbocycles. The van der Waals surface area contributed by atoms with Crippen LogP contribution in [0.1, 0.15) is 12.5 Å². The van der Waals surface area contributed by atoms with Gasteiger partial charge in [-0.1, -0.05) is 0 Å². The number of benzene rings is 1. The van der Waals surface area contributed by atoms with Gasteiger partial charge in [-0.2, -0.15) is 0 Å². The lowest BCUT2D eigenvalue weighted by molar-refractivity contribution is 0.312. The molecule has 168 valence electrons. The summed E-state index contributed by atoms with van der Waals surface area (Å²) in [6.45, 7) is 8.80. The average Bonchev–Trinajstić information content (AvgIpc) is 2.81. The van der Waals surface area contributed by atoms with Crippen LogP contribution in [0.4, 0.5) is 5.82 Å². The zero-order valence-electron chi connectivity index (χ0n) is 18.8. The first-order valence-electron chi connectivity index (χ1n) is 10.9. The molecule has 0 unspecified atom stereocenters. The van der Waals surface area contributed by atoms with Gasteiger partial charge in [-0.15, -0.1) is 0 Å². The highest BCUT2D eigenvalue weighted by Crippen LogP contribution is 2.17. The number of methoxy groups -OCH3 is 1. The lowest BCUT2D eigenvalue weighted by Gasteiger charge is -2.33. The second kappa shape index (κ2) is 12.0. The Morgan fingerprint density at radius 2 is 1.81 bits per heavy atom. The Morgan fingerprint density at radius 3 is 2.52 bits per heavy atom.